The molecule has 2 rings (SSSR count). The number of rotatable bonds is 6. The monoisotopic (exact) mass is 252 g/mol. The molecule has 1 aromatic heterocycles. The van der Waals surface area contributed by atoms with Crippen LogP contribution in [-0.2, 0) is 16.1 Å². The number of imidazole rings is 1. The van der Waals surface area contributed by atoms with E-state index in [0.717, 1.165) is 39.1 Å². The summed E-state index contributed by atoms with van der Waals surface area (Å²) in [5.74, 6) is 0.0625. The van der Waals surface area contributed by atoms with Crippen molar-refractivity contribution in [2.24, 2.45) is 0 Å². The second-order valence-corrected chi connectivity index (χ2v) is 4.43. The molecule has 0 spiro atoms. The number of aromatic nitrogens is 2. The zero-order valence-corrected chi connectivity index (χ0v) is 10.5. The number of ether oxygens (including phenoxy) is 1. The Morgan fingerprint density at radius 3 is 3.00 bits per heavy atom. The highest BCUT2D eigenvalue weighted by Crippen LogP contribution is 2.05. The van der Waals surface area contributed by atoms with Crippen LogP contribution in [0.4, 0.5) is 0 Å². The Balaban J connectivity index is 1.54. The Labute approximate surface area is 107 Å². The molecule has 100 valence electrons. The maximum Gasteiger partial charge on any atom is 0.234 e. The molecule has 0 radical (unpaired) electrons. The molecule has 1 fully saturated rings. The van der Waals surface area contributed by atoms with Crippen molar-refractivity contribution in [3.05, 3.63) is 18.7 Å². The van der Waals surface area contributed by atoms with Gasteiger partial charge in [0, 0.05) is 44.7 Å². The van der Waals surface area contributed by atoms with Crippen molar-refractivity contribution < 1.29 is 9.53 Å². The SMILES string of the molecule is O=C(CNCCn1ccnc1)NC1CCOCC1. The number of amides is 1. The van der Waals surface area contributed by atoms with Crippen molar-refractivity contribution in [2.45, 2.75) is 25.4 Å². The summed E-state index contributed by atoms with van der Waals surface area (Å²) in [6.07, 6.45) is 7.26. The molecule has 0 saturated carbocycles. The molecule has 0 aromatic carbocycles. The molecular formula is C12H20N4O2. The van der Waals surface area contributed by atoms with Crippen molar-refractivity contribution in [1.29, 1.82) is 0 Å². The average molecular weight is 252 g/mol. The molecule has 0 bridgehead atoms. The number of nitrogens with one attached hydrogen (secondary N) is 2. The van der Waals surface area contributed by atoms with Crippen LogP contribution >= 0.6 is 0 Å². The Morgan fingerprint density at radius 2 is 2.28 bits per heavy atom. The van der Waals surface area contributed by atoms with Crippen molar-refractivity contribution in [1.82, 2.24) is 20.2 Å². The van der Waals surface area contributed by atoms with Crippen LogP contribution in [0, 0.1) is 0 Å². The number of hydrogen-bond donors (Lipinski definition) is 2. The lowest BCUT2D eigenvalue weighted by Crippen LogP contribution is -2.43. The van der Waals surface area contributed by atoms with E-state index in [-0.39, 0.29) is 11.9 Å². The molecule has 6 nitrogen and oxygen atoms in total. The summed E-state index contributed by atoms with van der Waals surface area (Å²) in [7, 11) is 0. The van der Waals surface area contributed by atoms with Crippen LogP contribution in [0.2, 0.25) is 0 Å². The Kier molecular flexibility index (Phi) is 5.16. The van der Waals surface area contributed by atoms with Gasteiger partial charge in [-0.15, -0.1) is 0 Å². The summed E-state index contributed by atoms with van der Waals surface area (Å²) < 4.78 is 7.22. The Hall–Kier alpha value is -1.40. The van der Waals surface area contributed by atoms with Gasteiger partial charge in [-0.3, -0.25) is 4.79 Å². The molecule has 18 heavy (non-hydrogen) atoms. The van der Waals surface area contributed by atoms with Crippen LogP contribution in [0.25, 0.3) is 0 Å². The van der Waals surface area contributed by atoms with E-state index in [0.29, 0.717) is 6.54 Å². The largest absolute Gasteiger partial charge is 0.381 e. The first kappa shape index (κ1) is 13.0. The second-order valence-electron chi connectivity index (χ2n) is 4.43. The van der Waals surface area contributed by atoms with Gasteiger partial charge < -0.3 is 19.9 Å². The fraction of sp³-hybridized carbons (Fsp3) is 0.667. The predicted octanol–water partition coefficient (Wildman–Crippen LogP) is -0.232. The smallest absolute Gasteiger partial charge is 0.234 e. The summed E-state index contributed by atoms with van der Waals surface area (Å²) >= 11 is 0. The van der Waals surface area contributed by atoms with Gasteiger partial charge >= 0.3 is 0 Å². The Morgan fingerprint density at radius 1 is 1.44 bits per heavy atom. The van der Waals surface area contributed by atoms with E-state index in [2.05, 4.69) is 15.6 Å². The Bertz CT molecular complexity index is 347. The van der Waals surface area contributed by atoms with E-state index in [4.69, 9.17) is 4.74 Å². The van der Waals surface area contributed by atoms with E-state index < -0.39 is 0 Å². The molecule has 1 amide bonds. The first-order valence-electron chi connectivity index (χ1n) is 6.38. The van der Waals surface area contributed by atoms with Crippen molar-refractivity contribution in [3.8, 4) is 0 Å². The summed E-state index contributed by atoms with van der Waals surface area (Å²) in [6, 6.07) is 0.279. The minimum absolute atomic E-state index is 0.0625. The topological polar surface area (TPSA) is 68.2 Å². The third-order valence-corrected chi connectivity index (χ3v) is 2.98. The summed E-state index contributed by atoms with van der Waals surface area (Å²) in [4.78, 5) is 15.6. The zero-order chi connectivity index (χ0) is 12.6. The van der Waals surface area contributed by atoms with E-state index >= 15 is 0 Å². The van der Waals surface area contributed by atoms with Gasteiger partial charge in [-0.05, 0) is 12.8 Å². The van der Waals surface area contributed by atoms with Crippen LogP contribution in [0.1, 0.15) is 12.8 Å². The standard InChI is InChI=1S/C12H20N4O2/c17-12(15-11-1-7-18-8-2-11)9-13-3-5-16-6-4-14-10-16/h4,6,10-11,13H,1-3,5,7-9H2,(H,15,17). The van der Waals surface area contributed by atoms with E-state index in [1.807, 2.05) is 10.8 Å². The van der Waals surface area contributed by atoms with Gasteiger partial charge in [-0.2, -0.15) is 0 Å². The van der Waals surface area contributed by atoms with E-state index in [1.54, 1.807) is 12.5 Å². The first-order valence-corrected chi connectivity index (χ1v) is 6.38. The molecule has 0 aliphatic carbocycles. The van der Waals surface area contributed by atoms with Gasteiger partial charge in [0.15, 0.2) is 0 Å². The van der Waals surface area contributed by atoms with Crippen LogP contribution in [0.5, 0.6) is 0 Å². The van der Waals surface area contributed by atoms with Gasteiger partial charge in [0.05, 0.1) is 12.9 Å². The van der Waals surface area contributed by atoms with Crippen molar-refractivity contribution >= 4 is 5.91 Å². The average Bonchev–Trinajstić information content (AvgIpc) is 2.89. The molecule has 1 aromatic rings. The van der Waals surface area contributed by atoms with Crippen molar-refractivity contribution in [3.63, 3.8) is 0 Å². The van der Waals surface area contributed by atoms with Gasteiger partial charge in [-0.25, -0.2) is 4.98 Å². The lowest BCUT2D eigenvalue weighted by Gasteiger charge is -2.23. The number of nitrogens with zero attached hydrogens (tertiary/aromatic N) is 2. The van der Waals surface area contributed by atoms with Crippen LogP contribution < -0.4 is 10.6 Å². The predicted molar refractivity (Wildman–Crippen MR) is 67.1 cm³/mol. The molecular weight excluding hydrogens is 232 g/mol. The fourth-order valence-corrected chi connectivity index (χ4v) is 1.95. The molecule has 2 heterocycles. The lowest BCUT2D eigenvalue weighted by atomic mass is 10.1. The number of carbonyl (C=O) groups excluding carboxylic acids is 1. The van der Waals surface area contributed by atoms with Crippen LogP contribution in [0.3, 0.4) is 0 Å². The molecule has 0 atom stereocenters. The minimum Gasteiger partial charge on any atom is -0.381 e. The maximum atomic E-state index is 11.6. The lowest BCUT2D eigenvalue weighted by molar-refractivity contribution is -0.121. The van der Waals surface area contributed by atoms with Crippen LogP contribution in [0.15, 0.2) is 18.7 Å². The van der Waals surface area contributed by atoms with E-state index in [9.17, 15) is 4.79 Å². The third kappa shape index (κ3) is 4.46. The molecule has 6 heteroatoms. The molecule has 1 aliphatic rings. The van der Waals surface area contributed by atoms with Gasteiger partial charge in [0.25, 0.3) is 0 Å². The zero-order valence-electron chi connectivity index (χ0n) is 10.5. The number of hydrogen-bond acceptors (Lipinski definition) is 4. The second kappa shape index (κ2) is 7.13. The fourth-order valence-electron chi connectivity index (χ4n) is 1.95. The van der Waals surface area contributed by atoms with Gasteiger partial charge in [0.2, 0.25) is 5.91 Å². The van der Waals surface area contributed by atoms with Crippen LogP contribution in [-0.4, -0.2) is 47.8 Å². The highest BCUT2D eigenvalue weighted by atomic mass is 16.5. The summed E-state index contributed by atoms with van der Waals surface area (Å²) in [5.41, 5.74) is 0. The third-order valence-electron chi connectivity index (χ3n) is 2.98. The normalized spacial score (nSPS) is 16.7. The van der Waals surface area contributed by atoms with Gasteiger partial charge in [0.1, 0.15) is 0 Å². The molecule has 0 unspecified atom stereocenters. The highest BCUT2D eigenvalue weighted by molar-refractivity contribution is 5.78. The minimum atomic E-state index is 0.0625. The first-order chi connectivity index (χ1) is 8.84. The summed E-state index contributed by atoms with van der Waals surface area (Å²) in [5, 5.41) is 6.13. The highest BCUT2D eigenvalue weighted by Gasteiger charge is 2.15. The number of carbonyl (C=O) groups is 1. The summed E-state index contributed by atoms with van der Waals surface area (Å²) in [6.45, 7) is 3.45. The quantitative estimate of drug-likeness (QED) is 0.686. The molecule has 2 N–H and O–H groups in total. The van der Waals surface area contributed by atoms with Crippen molar-refractivity contribution in [2.75, 3.05) is 26.3 Å². The molecule has 1 saturated heterocycles. The maximum absolute atomic E-state index is 11.6. The molecule has 1 aliphatic heterocycles. The van der Waals surface area contributed by atoms with Gasteiger partial charge in [-0.1, -0.05) is 0 Å². The van der Waals surface area contributed by atoms with E-state index in [1.165, 1.54) is 0 Å².